The van der Waals surface area contributed by atoms with E-state index in [1.807, 2.05) is 21.1 Å². The second kappa shape index (κ2) is 46.4. The number of unbranched alkanes of at least 4 members (excludes halogenated alkanes) is 36. The Morgan fingerprint density at radius 3 is 1.24 bits per heavy atom. The minimum absolute atomic E-state index is 0.0137. The van der Waals surface area contributed by atoms with Gasteiger partial charge in [-0.3, -0.25) is 9.36 Å². The van der Waals surface area contributed by atoms with Crippen molar-refractivity contribution in [1.29, 1.82) is 0 Å². The number of carbonyl (C=O) groups is 1. The number of amides is 1. The van der Waals surface area contributed by atoms with E-state index in [1.54, 1.807) is 0 Å². The van der Waals surface area contributed by atoms with Gasteiger partial charge in [-0.15, -0.1) is 0 Å². The van der Waals surface area contributed by atoms with Gasteiger partial charge in [0.2, 0.25) is 5.91 Å². The number of aliphatic hydroxyl groups is 1. The molecule has 0 spiro atoms. The number of allylic oxidation sites excluding steroid dienone is 2. The average Bonchev–Trinajstić information content (AvgIpc) is 3.24. The summed E-state index contributed by atoms with van der Waals surface area (Å²) in [5, 5.41) is 14.0. The van der Waals surface area contributed by atoms with Gasteiger partial charge in [-0.1, -0.05) is 244 Å². The maximum absolute atomic E-state index is 13.0. The lowest BCUT2D eigenvalue weighted by atomic mass is 10.0. The smallest absolute Gasteiger partial charge is 0.268 e. The fourth-order valence-electron chi connectivity index (χ4n) is 8.39. The Hall–Kier alpha value is -0.760. The molecule has 63 heavy (non-hydrogen) atoms. The van der Waals surface area contributed by atoms with Crippen LogP contribution in [0.1, 0.15) is 277 Å². The number of nitrogens with one attached hydrogen (secondary N) is 1. The van der Waals surface area contributed by atoms with Crippen LogP contribution in [0, 0.1) is 0 Å². The zero-order valence-corrected chi connectivity index (χ0v) is 43.7. The van der Waals surface area contributed by atoms with E-state index in [0.717, 1.165) is 38.5 Å². The molecule has 0 aromatic carbocycles. The first-order valence-corrected chi connectivity index (χ1v) is 29.0. The van der Waals surface area contributed by atoms with Crippen LogP contribution in [0.5, 0.6) is 0 Å². The van der Waals surface area contributed by atoms with Gasteiger partial charge in [0.05, 0.1) is 39.9 Å². The number of hydrogen-bond donors (Lipinski definition) is 2. The Balaban J connectivity index is 4.20. The Labute approximate surface area is 392 Å². The standard InChI is InChI=1S/C54H109N2O6P/c1-6-8-10-12-14-16-18-20-22-24-26-27-28-30-32-34-36-38-40-42-44-46-48-54(58)55-52(51-62-63(59,60)61-50-49-56(3,4)5)53(57)47-45-43-41-39-37-35-33-31-29-25-23-21-19-17-15-13-11-9-7-2/h28,30,52-53,57H,6-27,29,31-51H2,1-5H3,(H-,55,58,59,60)/b30-28-. The van der Waals surface area contributed by atoms with Crippen molar-refractivity contribution in [3.05, 3.63) is 12.2 Å². The summed E-state index contributed by atoms with van der Waals surface area (Å²) in [6.45, 7) is 4.76. The number of hydrogen-bond acceptors (Lipinski definition) is 6. The maximum atomic E-state index is 13.0. The fourth-order valence-corrected chi connectivity index (χ4v) is 9.11. The highest BCUT2D eigenvalue weighted by Gasteiger charge is 2.24. The quantitative estimate of drug-likeness (QED) is 0.0272. The van der Waals surface area contributed by atoms with E-state index >= 15 is 0 Å². The topological polar surface area (TPSA) is 108 Å². The van der Waals surface area contributed by atoms with Crippen molar-refractivity contribution in [3.8, 4) is 0 Å². The monoisotopic (exact) mass is 913 g/mol. The molecule has 8 nitrogen and oxygen atoms in total. The summed E-state index contributed by atoms with van der Waals surface area (Å²) in [7, 11) is 1.31. The van der Waals surface area contributed by atoms with Crippen molar-refractivity contribution in [2.75, 3.05) is 40.9 Å². The lowest BCUT2D eigenvalue weighted by Gasteiger charge is -2.30. The van der Waals surface area contributed by atoms with Gasteiger partial charge in [0, 0.05) is 6.42 Å². The molecule has 0 heterocycles. The molecular formula is C54H109N2O6P. The lowest BCUT2D eigenvalue weighted by molar-refractivity contribution is -0.870. The second-order valence-corrected chi connectivity index (χ2v) is 21.7. The van der Waals surface area contributed by atoms with Gasteiger partial charge in [-0.2, -0.15) is 0 Å². The van der Waals surface area contributed by atoms with E-state index in [0.29, 0.717) is 23.9 Å². The van der Waals surface area contributed by atoms with Crippen LogP contribution >= 0.6 is 7.82 Å². The summed E-state index contributed by atoms with van der Waals surface area (Å²) in [5.74, 6) is -0.164. The lowest BCUT2D eigenvalue weighted by Crippen LogP contribution is -2.46. The molecule has 0 aliphatic carbocycles. The van der Waals surface area contributed by atoms with Gasteiger partial charge < -0.3 is 28.8 Å². The number of nitrogens with zero attached hydrogens (tertiary/aromatic N) is 1. The van der Waals surface area contributed by atoms with Crippen molar-refractivity contribution < 1.29 is 32.9 Å². The van der Waals surface area contributed by atoms with E-state index in [2.05, 4.69) is 31.3 Å². The van der Waals surface area contributed by atoms with Gasteiger partial charge >= 0.3 is 0 Å². The van der Waals surface area contributed by atoms with Crippen LogP contribution in [-0.2, 0) is 18.4 Å². The first-order chi connectivity index (χ1) is 30.5. The summed E-state index contributed by atoms with van der Waals surface area (Å²) >= 11 is 0. The third-order valence-corrected chi connectivity index (χ3v) is 13.7. The molecule has 0 aliphatic rings. The fraction of sp³-hybridized carbons (Fsp3) is 0.944. The Morgan fingerprint density at radius 2 is 0.873 bits per heavy atom. The van der Waals surface area contributed by atoms with Crippen molar-refractivity contribution >= 4 is 13.7 Å². The van der Waals surface area contributed by atoms with Crippen LogP contribution < -0.4 is 10.2 Å². The van der Waals surface area contributed by atoms with Crippen LogP contribution in [0.2, 0.25) is 0 Å². The van der Waals surface area contributed by atoms with E-state index in [-0.39, 0.29) is 19.1 Å². The van der Waals surface area contributed by atoms with Crippen LogP contribution in [-0.4, -0.2) is 68.5 Å². The maximum Gasteiger partial charge on any atom is 0.268 e. The van der Waals surface area contributed by atoms with Crippen LogP contribution in [0.3, 0.4) is 0 Å². The zero-order valence-electron chi connectivity index (χ0n) is 42.8. The van der Waals surface area contributed by atoms with Crippen molar-refractivity contribution in [2.24, 2.45) is 0 Å². The van der Waals surface area contributed by atoms with Crippen molar-refractivity contribution in [1.82, 2.24) is 5.32 Å². The number of likely N-dealkylation sites (N-methyl/N-ethyl adjacent to an activating group) is 1. The number of carbonyl (C=O) groups excluding carboxylic acids is 1. The molecule has 0 aromatic rings. The molecule has 0 saturated carbocycles. The zero-order chi connectivity index (χ0) is 46.4. The van der Waals surface area contributed by atoms with E-state index in [1.165, 1.54) is 212 Å². The van der Waals surface area contributed by atoms with Gasteiger partial charge in [-0.05, 0) is 38.5 Å². The average molecular weight is 913 g/mol. The van der Waals surface area contributed by atoms with Gasteiger partial charge in [0.15, 0.2) is 0 Å². The number of quaternary nitrogens is 1. The molecule has 376 valence electrons. The normalized spacial score (nSPS) is 14.1. The summed E-state index contributed by atoms with van der Waals surface area (Å²) < 4.78 is 23.4. The Morgan fingerprint density at radius 1 is 0.540 bits per heavy atom. The molecule has 0 aromatic heterocycles. The third kappa shape index (κ3) is 49.0. The molecule has 1 amide bonds. The molecule has 0 aliphatic heterocycles. The van der Waals surface area contributed by atoms with Crippen LogP contribution in [0.15, 0.2) is 12.2 Å². The Bertz CT molecular complexity index is 1040. The molecule has 0 radical (unpaired) electrons. The van der Waals surface area contributed by atoms with Gasteiger partial charge in [0.25, 0.3) is 7.82 Å². The molecule has 2 N–H and O–H groups in total. The molecule has 0 fully saturated rings. The van der Waals surface area contributed by atoms with Gasteiger partial charge in [0.1, 0.15) is 13.2 Å². The summed E-state index contributed by atoms with van der Waals surface area (Å²) in [6.07, 6.45) is 55.1. The minimum atomic E-state index is -4.57. The predicted octanol–water partition coefficient (Wildman–Crippen LogP) is 15.6. The number of phosphoric ester groups is 1. The molecule has 3 unspecified atom stereocenters. The van der Waals surface area contributed by atoms with E-state index in [9.17, 15) is 19.4 Å². The first kappa shape index (κ1) is 62.2. The van der Waals surface area contributed by atoms with Crippen LogP contribution in [0.25, 0.3) is 0 Å². The highest BCUT2D eigenvalue weighted by Crippen LogP contribution is 2.38. The molecule has 3 atom stereocenters. The summed E-state index contributed by atoms with van der Waals surface area (Å²) in [4.78, 5) is 25.5. The highest BCUT2D eigenvalue weighted by atomic mass is 31.2. The van der Waals surface area contributed by atoms with Crippen molar-refractivity contribution in [3.63, 3.8) is 0 Å². The first-order valence-electron chi connectivity index (χ1n) is 27.5. The third-order valence-electron chi connectivity index (χ3n) is 12.8. The Kier molecular flexibility index (Phi) is 45.8. The van der Waals surface area contributed by atoms with E-state index in [4.69, 9.17) is 9.05 Å². The molecule has 9 heteroatoms. The summed E-state index contributed by atoms with van der Waals surface area (Å²) in [5.41, 5.74) is 0. The molecular weight excluding hydrogens is 804 g/mol. The largest absolute Gasteiger partial charge is 0.756 e. The van der Waals surface area contributed by atoms with Crippen LogP contribution in [0.4, 0.5) is 0 Å². The highest BCUT2D eigenvalue weighted by molar-refractivity contribution is 7.45. The number of aliphatic hydroxyl groups excluding tert-OH is 1. The van der Waals surface area contributed by atoms with E-state index < -0.39 is 20.0 Å². The van der Waals surface area contributed by atoms with Gasteiger partial charge in [-0.25, -0.2) is 0 Å². The molecule has 0 bridgehead atoms. The summed E-state index contributed by atoms with van der Waals surface area (Å²) in [6, 6.07) is -0.800. The predicted molar refractivity (Wildman–Crippen MR) is 270 cm³/mol. The number of rotatable bonds is 51. The SMILES string of the molecule is CCCCCCCCCCCCC/C=C\CCCCCCCCCC(=O)NC(COP(=O)([O-])OCC[N+](C)(C)C)C(O)CCCCCCCCCCCCCCCCCCCCC. The molecule has 0 rings (SSSR count). The molecule has 0 saturated heterocycles. The second-order valence-electron chi connectivity index (χ2n) is 20.3. The number of phosphoric acid groups is 1. The van der Waals surface area contributed by atoms with Crippen molar-refractivity contribution in [2.45, 2.75) is 289 Å². The minimum Gasteiger partial charge on any atom is -0.756 e.